The molecular weight excluding hydrogens is 1260 g/mol. The Labute approximate surface area is 588 Å². The first kappa shape index (κ1) is 94.1. The molecule has 0 aliphatic carbocycles. The molecule has 0 amide bonds. The predicted octanol–water partition coefficient (Wildman–Crippen LogP) is 22.4. The van der Waals surface area contributed by atoms with Crippen molar-refractivity contribution in [3.63, 3.8) is 0 Å². The van der Waals surface area contributed by atoms with Gasteiger partial charge < -0.3 is 33.8 Å². The highest BCUT2D eigenvalue weighted by molar-refractivity contribution is 7.47. The van der Waals surface area contributed by atoms with Gasteiger partial charge >= 0.3 is 39.5 Å². The van der Waals surface area contributed by atoms with Gasteiger partial charge in [-0.15, -0.1) is 0 Å². The van der Waals surface area contributed by atoms with Gasteiger partial charge in [0.2, 0.25) is 0 Å². The first-order valence-corrected chi connectivity index (χ1v) is 42.7. The van der Waals surface area contributed by atoms with E-state index in [0.717, 1.165) is 114 Å². The molecule has 0 aromatic carbocycles. The normalized spacial score (nSPS) is 14.4. The van der Waals surface area contributed by atoms with E-state index in [0.29, 0.717) is 31.6 Å². The zero-order valence-corrected chi connectivity index (χ0v) is 64.8. The average molecular weight is 1410 g/mol. The Morgan fingerprint density at radius 2 is 0.500 bits per heavy atom. The number of rotatable bonds is 74. The highest BCUT2D eigenvalue weighted by Gasteiger charge is 2.30. The second-order valence-electron chi connectivity index (χ2n) is 29.4. The second kappa shape index (κ2) is 66.3. The van der Waals surface area contributed by atoms with Gasteiger partial charge in [0, 0.05) is 25.7 Å². The predicted molar refractivity (Wildman–Crippen MR) is 391 cm³/mol. The number of phosphoric acid groups is 2. The van der Waals surface area contributed by atoms with Gasteiger partial charge in [0.1, 0.15) is 19.3 Å². The third-order valence-corrected chi connectivity index (χ3v) is 20.1. The average Bonchev–Trinajstić information content (AvgIpc) is 1.12. The van der Waals surface area contributed by atoms with E-state index in [4.69, 9.17) is 37.0 Å². The van der Waals surface area contributed by atoms with Gasteiger partial charge in [-0.1, -0.05) is 338 Å². The van der Waals surface area contributed by atoms with E-state index in [1.165, 1.54) is 186 Å². The van der Waals surface area contributed by atoms with Crippen LogP contribution in [0.25, 0.3) is 0 Å². The fourth-order valence-corrected chi connectivity index (χ4v) is 13.3. The van der Waals surface area contributed by atoms with Gasteiger partial charge in [-0.05, 0) is 49.4 Å². The van der Waals surface area contributed by atoms with Gasteiger partial charge in [-0.2, -0.15) is 0 Å². The van der Waals surface area contributed by atoms with Crippen LogP contribution < -0.4 is 0 Å². The van der Waals surface area contributed by atoms with Crippen LogP contribution in [-0.2, 0) is 65.4 Å². The molecule has 0 aliphatic rings. The Morgan fingerprint density at radius 3 is 0.740 bits per heavy atom. The van der Waals surface area contributed by atoms with Gasteiger partial charge in [0.25, 0.3) is 0 Å². The molecule has 19 heteroatoms. The quantitative estimate of drug-likeness (QED) is 0.0222. The van der Waals surface area contributed by atoms with E-state index in [2.05, 4.69) is 55.4 Å². The molecule has 0 saturated carbocycles. The summed E-state index contributed by atoms with van der Waals surface area (Å²) >= 11 is 0. The summed E-state index contributed by atoms with van der Waals surface area (Å²) in [6.07, 6.45) is 51.7. The van der Waals surface area contributed by atoms with Crippen molar-refractivity contribution in [2.24, 2.45) is 23.7 Å². The number of ether oxygens (including phenoxy) is 4. The number of hydrogen-bond acceptors (Lipinski definition) is 15. The lowest BCUT2D eigenvalue weighted by Crippen LogP contribution is -2.30. The van der Waals surface area contributed by atoms with Crippen LogP contribution in [0.1, 0.15) is 389 Å². The zero-order chi connectivity index (χ0) is 71.0. The molecule has 0 fully saturated rings. The van der Waals surface area contributed by atoms with E-state index in [-0.39, 0.29) is 25.7 Å². The van der Waals surface area contributed by atoms with Gasteiger partial charge in [-0.25, -0.2) is 9.13 Å². The number of carbonyl (C=O) groups is 4. The fourth-order valence-electron chi connectivity index (χ4n) is 11.7. The number of esters is 4. The minimum absolute atomic E-state index is 0.101. The molecule has 0 rings (SSSR count). The molecule has 0 spiro atoms. The van der Waals surface area contributed by atoms with Gasteiger partial charge in [0.05, 0.1) is 26.4 Å². The fraction of sp³-hybridized carbons (Fsp3) is 0.948. The Morgan fingerprint density at radius 1 is 0.292 bits per heavy atom. The Hall–Kier alpha value is -1.94. The van der Waals surface area contributed by atoms with E-state index >= 15 is 0 Å². The molecule has 0 heterocycles. The van der Waals surface area contributed by atoms with Crippen LogP contribution in [0.4, 0.5) is 0 Å². The van der Waals surface area contributed by atoms with Crippen LogP contribution in [0.15, 0.2) is 0 Å². The highest BCUT2D eigenvalue weighted by Crippen LogP contribution is 2.45. The molecule has 0 radical (unpaired) electrons. The molecule has 0 saturated heterocycles. The van der Waals surface area contributed by atoms with Crippen LogP contribution in [0.3, 0.4) is 0 Å². The summed E-state index contributed by atoms with van der Waals surface area (Å²) in [5, 5.41) is 10.6. The maximum absolute atomic E-state index is 13.1. The lowest BCUT2D eigenvalue weighted by atomic mass is 10.00. The maximum atomic E-state index is 13.1. The molecule has 0 aromatic heterocycles. The molecule has 0 aliphatic heterocycles. The SMILES string of the molecule is CCC(C)CCCCCCCCC(=O)OC[C@H](COP(=O)(O)OC[C@H](O)COP(=O)(O)OC[C@@H](COC(=O)CCCCCCCCCCCCCCCCCC(C)C)OC(=O)CCCCCCCCCCCCCCCCCCC(C)C)OC(=O)CCCCCCCCC(C)C. The Balaban J connectivity index is 5.20. The van der Waals surface area contributed by atoms with Gasteiger partial charge in [-0.3, -0.25) is 37.3 Å². The molecule has 17 nitrogen and oxygen atoms in total. The minimum Gasteiger partial charge on any atom is -0.462 e. The largest absolute Gasteiger partial charge is 0.472 e. The third kappa shape index (κ3) is 69.2. The van der Waals surface area contributed by atoms with Crippen molar-refractivity contribution < 1.29 is 80.2 Å². The van der Waals surface area contributed by atoms with Crippen molar-refractivity contribution in [1.82, 2.24) is 0 Å². The first-order chi connectivity index (χ1) is 46.1. The molecule has 0 bridgehead atoms. The monoisotopic (exact) mass is 1410 g/mol. The van der Waals surface area contributed by atoms with E-state index < -0.39 is 97.5 Å². The van der Waals surface area contributed by atoms with Gasteiger partial charge in [0.15, 0.2) is 12.2 Å². The molecular formula is C77H150O17P2. The minimum atomic E-state index is -4.96. The summed E-state index contributed by atoms with van der Waals surface area (Å²) in [5.41, 5.74) is 0. The Bertz CT molecular complexity index is 1890. The second-order valence-corrected chi connectivity index (χ2v) is 32.3. The van der Waals surface area contributed by atoms with E-state index in [9.17, 15) is 43.2 Å². The third-order valence-electron chi connectivity index (χ3n) is 18.2. The van der Waals surface area contributed by atoms with Crippen LogP contribution >= 0.6 is 15.6 Å². The van der Waals surface area contributed by atoms with Crippen molar-refractivity contribution >= 4 is 39.5 Å². The molecule has 0 aromatic rings. The van der Waals surface area contributed by atoms with Crippen LogP contribution in [0.2, 0.25) is 0 Å². The number of aliphatic hydroxyl groups excluding tert-OH is 1. The van der Waals surface area contributed by atoms with Crippen molar-refractivity contribution in [1.29, 1.82) is 0 Å². The molecule has 96 heavy (non-hydrogen) atoms. The number of aliphatic hydroxyl groups is 1. The van der Waals surface area contributed by atoms with E-state index in [1.54, 1.807) is 0 Å². The van der Waals surface area contributed by atoms with Crippen molar-refractivity contribution in [2.45, 2.75) is 408 Å². The number of hydrogen-bond donors (Lipinski definition) is 3. The summed E-state index contributed by atoms with van der Waals surface area (Å²) in [7, 11) is -9.91. The first-order valence-electron chi connectivity index (χ1n) is 39.7. The highest BCUT2D eigenvalue weighted by atomic mass is 31.2. The van der Waals surface area contributed by atoms with Crippen LogP contribution in [-0.4, -0.2) is 96.7 Å². The van der Waals surface area contributed by atoms with Crippen molar-refractivity contribution in [2.75, 3.05) is 39.6 Å². The molecule has 3 N–H and O–H groups in total. The standard InChI is InChI=1S/C77H150O17P2/c1-9-70(8)56-48-40-34-36-42-50-58-75(80)88-64-73(94-77(82)60-52-44-35-33-39-47-55-69(6)7)66-92-96(85,86)90-62-71(78)61-89-95(83,84)91-65-72(63-87-74(79)57-49-41-31-27-23-19-16-12-14-18-22-26-30-38-46-54-68(4)5)93-76(81)59-51-43-32-28-24-20-15-11-10-13-17-21-25-29-37-45-53-67(2)3/h67-73,78H,9-66H2,1-8H3,(H,83,84)(H,85,86)/t70?,71-,72-,73-/m1/s1. The summed E-state index contributed by atoms with van der Waals surface area (Å²) in [4.78, 5) is 72.8. The maximum Gasteiger partial charge on any atom is 0.472 e. The lowest BCUT2D eigenvalue weighted by Gasteiger charge is -2.21. The number of phosphoric ester groups is 2. The number of unbranched alkanes of at least 4 members (excludes halogenated alkanes) is 39. The van der Waals surface area contributed by atoms with Crippen LogP contribution in [0.5, 0.6) is 0 Å². The zero-order valence-electron chi connectivity index (χ0n) is 63.0. The Kier molecular flexibility index (Phi) is 65.0. The smallest absolute Gasteiger partial charge is 0.462 e. The molecule has 570 valence electrons. The van der Waals surface area contributed by atoms with E-state index in [1.807, 2.05) is 0 Å². The number of carbonyl (C=O) groups excluding carboxylic acids is 4. The topological polar surface area (TPSA) is 237 Å². The molecule has 6 atom stereocenters. The van der Waals surface area contributed by atoms with Crippen molar-refractivity contribution in [3.8, 4) is 0 Å². The summed E-state index contributed by atoms with van der Waals surface area (Å²) in [6, 6.07) is 0. The summed E-state index contributed by atoms with van der Waals surface area (Å²) in [6.45, 7) is 14.1. The lowest BCUT2D eigenvalue weighted by molar-refractivity contribution is -0.161. The molecule has 3 unspecified atom stereocenters. The van der Waals surface area contributed by atoms with Crippen molar-refractivity contribution in [3.05, 3.63) is 0 Å². The summed E-state index contributed by atoms with van der Waals surface area (Å²) < 4.78 is 68.5. The summed E-state index contributed by atoms with van der Waals surface area (Å²) in [5.74, 6) is 0.890. The van der Waals surface area contributed by atoms with Crippen LogP contribution in [0, 0.1) is 23.7 Å².